The molecule has 8 heteroatoms. The summed E-state index contributed by atoms with van der Waals surface area (Å²) in [4.78, 5) is 42.0. The molecule has 1 fully saturated rings. The van der Waals surface area contributed by atoms with Crippen molar-refractivity contribution in [3.63, 3.8) is 0 Å². The van der Waals surface area contributed by atoms with E-state index < -0.39 is 0 Å². The minimum Gasteiger partial charge on any atom is -0.371 e. The number of rotatable bonds is 6. The lowest BCUT2D eigenvalue weighted by molar-refractivity contribution is -0.121. The number of fused-ring (bicyclic) bond motifs is 1. The Morgan fingerprint density at radius 3 is 2.73 bits per heavy atom. The van der Waals surface area contributed by atoms with Gasteiger partial charge in [0.15, 0.2) is 0 Å². The van der Waals surface area contributed by atoms with E-state index >= 15 is 0 Å². The van der Waals surface area contributed by atoms with Crippen LogP contribution in [0.4, 0.5) is 5.69 Å². The zero-order valence-electron chi connectivity index (χ0n) is 17.3. The molecule has 1 atom stereocenters. The van der Waals surface area contributed by atoms with E-state index in [1.54, 1.807) is 14.0 Å². The molecule has 1 aromatic carbocycles. The summed E-state index contributed by atoms with van der Waals surface area (Å²) in [6, 6.07) is 10.3. The summed E-state index contributed by atoms with van der Waals surface area (Å²) < 4.78 is 1.50. The predicted molar refractivity (Wildman–Crippen MR) is 117 cm³/mol. The maximum absolute atomic E-state index is 12.4. The van der Waals surface area contributed by atoms with Gasteiger partial charge in [0.05, 0.1) is 5.39 Å². The topological polar surface area (TPSA) is 103 Å². The summed E-state index contributed by atoms with van der Waals surface area (Å²) in [7, 11) is 1.67. The predicted octanol–water partition coefficient (Wildman–Crippen LogP) is 1.44. The van der Waals surface area contributed by atoms with E-state index in [0.717, 1.165) is 19.5 Å². The van der Waals surface area contributed by atoms with E-state index in [0.29, 0.717) is 41.0 Å². The number of benzene rings is 1. The van der Waals surface area contributed by atoms with Crippen molar-refractivity contribution in [2.45, 2.75) is 26.2 Å². The molecular formula is C22H27N5O3. The van der Waals surface area contributed by atoms with Crippen molar-refractivity contribution in [2.24, 2.45) is 13.0 Å². The number of hydrogen-bond acceptors (Lipinski definition) is 4. The molecule has 3 aromatic rings. The van der Waals surface area contributed by atoms with Crippen LogP contribution in [0.1, 0.15) is 24.0 Å². The van der Waals surface area contributed by atoms with Crippen LogP contribution >= 0.6 is 0 Å². The van der Waals surface area contributed by atoms with Gasteiger partial charge in [-0.3, -0.25) is 24.2 Å². The van der Waals surface area contributed by atoms with Gasteiger partial charge < -0.3 is 15.2 Å². The maximum atomic E-state index is 12.4. The highest BCUT2D eigenvalue weighted by molar-refractivity contribution is 5.80. The highest BCUT2D eigenvalue weighted by atomic mass is 16.2. The zero-order valence-corrected chi connectivity index (χ0v) is 17.3. The number of H-pyrrole nitrogens is 2. The highest BCUT2D eigenvalue weighted by Crippen LogP contribution is 2.23. The molecule has 3 heterocycles. The third-order valence-electron chi connectivity index (χ3n) is 6.00. The van der Waals surface area contributed by atoms with Crippen molar-refractivity contribution in [1.82, 2.24) is 20.1 Å². The van der Waals surface area contributed by atoms with Gasteiger partial charge in [0, 0.05) is 44.4 Å². The molecule has 1 saturated heterocycles. The van der Waals surface area contributed by atoms with E-state index in [2.05, 4.69) is 32.4 Å². The molecule has 0 bridgehead atoms. The number of hydrogen-bond donors (Lipinski definition) is 3. The SMILES string of the molecule is Cc1c(CCC(=O)NCC2CCN(c3ccccc3)C2)c(=O)[nH]c2c1c(=O)[nH]n2C. The number of carbonyl (C=O) groups excluding carboxylic acids is 1. The van der Waals surface area contributed by atoms with Gasteiger partial charge in [0.25, 0.3) is 11.1 Å². The van der Waals surface area contributed by atoms with Crippen LogP contribution in [0.3, 0.4) is 0 Å². The number of aromatic amines is 2. The van der Waals surface area contributed by atoms with Gasteiger partial charge in [-0.1, -0.05) is 18.2 Å². The molecular weight excluding hydrogens is 382 g/mol. The molecule has 8 nitrogen and oxygen atoms in total. The number of aromatic nitrogens is 3. The third kappa shape index (κ3) is 3.90. The smallest absolute Gasteiger partial charge is 0.273 e. The third-order valence-corrected chi connectivity index (χ3v) is 6.00. The van der Waals surface area contributed by atoms with Crippen LogP contribution in [0.25, 0.3) is 11.0 Å². The van der Waals surface area contributed by atoms with Crippen LogP contribution in [0.5, 0.6) is 0 Å². The summed E-state index contributed by atoms with van der Waals surface area (Å²) in [6.07, 6.45) is 1.56. The summed E-state index contributed by atoms with van der Waals surface area (Å²) in [5, 5.41) is 6.13. The van der Waals surface area contributed by atoms with Crippen LogP contribution in [-0.2, 0) is 18.3 Å². The number of nitrogens with one attached hydrogen (secondary N) is 3. The van der Waals surface area contributed by atoms with Gasteiger partial charge in [0.2, 0.25) is 5.91 Å². The van der Waals surface area contributed by atoms with Gasteiger partial charge >= 0.3 is 0 Å². The standard InChI is InChI=1S/C22H27N5O3/c1-14-17(21(29)24-20-19(14)22(30)25-26(20)2)8-9-18(28)23-12-15-10-11-27(13-15)16-6-4-3-5-7-16/h3-7,15H,8-13H2,1-2H3,(H,23,28)(H,24,29)(H,25,30). The molecule has 0 spiro atoms. The second kappa shape index (κ2) is 8.22. The van der Waals surface area contributed by atoms with E-state index in [1.165, 1.54) is 10.4 Å². The first-order valence-electron chi connectivity index (χ1n) is 10.3. The molecule has 1 aliphatic rings. The zero-order chi connectivity index (χ0) is 21.3. The number of nitrogens with zero attached hydrogens (tertiary/aromatic N) is 2. The monoisotopic (exact) mass is 409 g/mol. The second-order valence-electron chi connectivity index (χ2n) is 8.02. The van der Waals surface area contributed by atoms with Gasteiger partial charge in [-0.25, -0.2) is 0 Å². The summed E-state index contributed by atoms with van der Waals surface area (Å²) in [6.45, 7) is 4.31. The maximum Gasteiger partial charge on any atom is 0.273 e. The molecule has 4 rings (SSSR count). The molecule has 30 heavy (non-hydrogen) atoms. The summed E-state index contributed by atoms with van der Waals surface area (Å²) in [5.74, 6) is 0.340. The summed E-state index contributed by atoms with van der Waals surface area (Å²) >= 11 is 0. The Kier molecular flexibility index (Phi) is 5.48. The van der Waals surface area contributed by atoms with Gasteiger partial charge in [-0.2, -0.15) is 0 Å². The lowest BCUT2D eigenvalue weighted by Crippen LogP contribution is -2.31. The van der Waals surface area contributed by atoms with Crippen molar-refractivity contribution in [3.05, 3.63) is 62.2 Å². The fourth-order valence-electron chi connectivity index (χ4n) is 4.30. The first kappa shape index (κ1) is 20.0. The average molecular weight is 409 g/mol. The van der Waals surface area contributed by atoms with E-state index in [4.69, 9.17) is 0 Å². The quantitative estimate of drug-likeness (QED) is 0.573. The molecule has 1 amide bonds. The molecule has 1 aliphatic heterocycles. The molecule has 158 valence electrons. The van der Waals surface area contributed by atoms with Crippen molar-refractivity contribution in [1.29, 1.82) is 0 Å². The Morgan fingerprint density at radius 2 is 1.97 bits per heavy atom. The minimum absolute atomic E-state index is 0.0750. The Bertz CT molecular complexity index is 1180. The van der Waals surface area contributed by atoms with Crippen LogP contribution in [0, 0.1) is 12.8 Å². The van der Waals surface area contributed by atoms with Gasteiger partial charge in [-0.15, -0.1) is 0 Å². The molecule has 2 aromatic heterocycles. The lowest BCUT2D eigenvalue weighted by atomic mass is 10.0. The molecule has 3 N–H and O–H groups in total. The van der Waals surface area contributed by atoms with Gasteiger partial charge in [0.1, 0.15) is 5.65 Å². The lowest BCUT2D eigenvalue weighted by Gasteiger charge is -2.18. The number of para-hydroxylation sites is 1. The summed E-state index contributed by atoms with van der Waals surface area (Å²) in [5.41, 5.74) is 2.32. The van der Waals surface area contributed by atoms with Crippen LogP contribution in [0.2, 0.25) is 0 Å². The Morgan fingerprint density at radius 1 is 1.20 bits per heavy atom. The van der Waals surface area contributed by atoms with Crippen LogP contribution in [-0.4, -0.2) is 40.3 Å². The fourth-order valence-corrected chi connectivity index (χ4v) is 4.30. The van der Waals surface area contributed by atoms with Crippen molar-refractivity contribution in [3.8, 4) is 0 Å². The van der Waals surface area contributed by atoms with Crippen LogP contribution < -0.4 is 21.3 Å². The number of pyridine rings is 1. The average Bonchev–Trinajstić information content (AvgIpc) is 3.31. The van der Waals surface area contributed by atoms with Crippen molar-refractivity contribution in [2.75, 3.05) is 24.5 Å². The number of carbonyl (C=O) groups is 1. The highest BCUT2D eigenvalue weighted by Gasteiger charge is 2.23. The molecule has 0 aliphatic carbocycles. The Balaban J connectivity index is 1.33. The number of amides is 1. The van der Waals surface area contributed by atoms with Crippen molar-refractivity contribution >= 4 is 22.6 Å². The molecule has 0 radical (unpaired) electrons. The van der Waals surface area contributed by atoms with Gasteiger partial charge in [-0.05, 0) is 43.4 Å². The largest absolute Gasteiger partial charge is 0.371 e. The van der Waals surface area contributed by atoms with E-state index in [-0.39, 0.29) is 23.4 Å². The molecule has 1 unspecified atom stereocenters. The first-order chi connectivity index (χ1) is 14.4. The van der Waals surface area contributed by atoms with Crippen molar-refractivity contribution < 1.29 is 4.79 Å². The van der Waals surface area contributed by atoms with E-state index in [9.17, 15) is 14.4 Å². The van der Waals surface area contributed by atoms with E-state index in [1.807, 2.05) is 18.2 Å². The number of anilines is 1. The van der Waals surface area contributed by atoms with Crippen LogP contribution in [0.15, 0.2) is 39.9 Å². The normalized spacial score (nSPS) is 16.3. The molecule has 0 saturated carbocycles. The number of aryl methyl sites for hydroxylation is 2. The Labute approximate surface area is 173 Å². The first-order valence-corrected chi connectivity index (χ1v) is 10.3. The minimum atomic E-state index is -0.253. The fraction of sp³-hybridized carbons (Fsp3) is 0.409. The Hall–Kier alpha value is -3.29. The second-order valence-corrected chi connectivity index (χ2v) is 8.02.